The number of carbonyl (C=O) groups is 1. The second-order valence-electron chi connectivity index (χ2n) is 7.17. The van der Waals surface area contributed by atoms with Crippen LogP contribution in [0.3, 0.4) is 0 Å². The van der Waals surface area contributed by atoms with Gasteiger partial charge >= 0.3 is 5.97 Å². The van der Waals surface area contributed by atoms with Gasteiger partial charge in [0, 0.05) is 24.4 Å². The summed E-state index contributed by atoms with van der Waals surface area (Å²) in [6, 6.07) is 10.9. The molecular weight excluding hydrogens is 490 g/mol. The van der Waals surface area contributed by atoms with E-state index in [1.165, 1.54) is 17.8 Å². The number of hydrogen-bond donors (Lipinski definition) is 2. The molecule has 1 heterocycles. The largest absolute Gasteiger partial charge is 0.479 e. The van der Waals surface area contributed by atoms with Crippen LogP contribution in [0.2, 0.25) is 0 Å². The molecule has 0 aliphatic heterocycles. The number of benzene rings is 2. The third kappa shape index (κ3) is 7.33. The Hall–Kier alpha value is -3.35. The number of aromatic nitrogens is 2. The summed E-state index contributed by atoms with van der Waals surface area (Å²) in [7, 11) is -1.07. The van der Waals surface area contributed by atoms with Crippen LogP contribution in [0.1, 0.15) is 23.7 Å². The van der Waals surface area contributed by atoms with E-state index in [1.807, 2.05) is 10.8 Å². The van der Waals surface area contributed by atoms with E-state index >= 15 is 0 Å². The Bertz CT molecular complexity index is 1340. The van der Waals surface area contributed by atoms with Gasteiger partial charge in [0.15, 0.2) is 11.6 Å². The highest BCUT2D eigenvalue weighted by Gasteiger charge is 2.25. The number of carboxylic acid groups (broad SMARTS) is 1. The Morgan fingerprint density at radius 3 is 2.09 bits per heavy atom. The molecule has 2 unspecified atom stereocenters. The minimum Gasteiger partial charge on any atom is -0.479 e. The predicted molar refractivity (Wildman–Crippen MR) is 124 cm³/mol. The molecule has 0 bridgehead atoms. The summed E-state index contributed by atoms with van der Waals surface area (Å²) < 4.78 is 68.6. The van der Waals surface area contributed by atoms with Crippen LogP contribution < -0.4 is 4.72 Å². The highest BCUT2D eigenvalue weighted by atomic mass is 32.2. The average Bonchev–Trinajstić information content (AvgIpc) is 3.09. The number of nitrogens with zero attached hydrogens (tertiary/aromatic N) is 2. The van der Waals surface area contributed by atoms with Gasteiger partial charge in [0.25, 0.3) is 10.0 Å². The Kier molecular flexibility index (Phi) is 8.48. The van der Waals surface area contributed by atoms with Gasteiger partial charge in [-0.2, -0.15) is 5.10 Å². The van der Waals surface area contributed by atoms with E-state index in [1.54, 1.807) is 40.6 Å². The van der Waals surface area contributed by atoms with Crippen LogP contribution in [-0.2, 0) is 21.9 Å². The standard InChI is InChI=1S/C19H15F2N3O2S.C3H6FO2P/c1-13-18(12-24(2)22-13)27(25,26)23-19-16(20)10-15(11-17(19)21)9-8-14-6-4-3-5-7-14;1-3(4,7)2(5)6/h3-7,10-12,23H,1-2H3;7H2,1H3,(H,5,6). The molecule has 0 amide bonds. The van der Waals surface area contributed by atoms with Crippen molar-refractivity contribution in [3.63, 3.8) is 0 Å². The van der Waals surface area contributed by atoms with Crippen LogP contribution in [0.4, 0.5) is 18.9 Å². The van der Waals surface area contributed by atoms with Crippen molar-refractivity contribution in [3.8, 4) is 11.8 Å². The number of aryl methyl sites for hydroxylation is 2. The van der Waals surface area contributed by atoms with E-state index in [0.29, 0.717) is 5.56 Å². The Balaban J connectivity index is 0.000000509. The van der Waals surface area contributed by atoms with Crippen molar-refractivity contribution in [1.29, 1.82) is 0 Å². The van der Waals surface area contributed by atoms with Crippen LogP contribution in [0, 0.1) is 30.4 Å². The smallest absolute Gasteiger partial charge is 0.344 e. The van der Waals surface area contributed by atoms with Crippen LogP contribution >= 0.6 is 9.24 Å². The molecule has 1 aromatic heterocycles. The zero-order valence-electron chi connectivity index (χ0n) is 18.3. The molecule has 2 N–H and O–H groups in total. The number of anilines is 1. The molecule has 34 heavy (non-hydrogen) atoms. The third-order valence-corrected chi connectivity index (χ3v) is 5.78. The van der Waals surface area contributed by atoms with Crippen LogP contribution in [-0.4, -0.2) is 34.7 Å². The topological polar surface area (TPSA) is 101 Å². The van der Waals surface area contributed by atoms with Crippen molar-refractivity contribution < 1.29 is 31.5 Å². The van der Waals surface area contributed by atoms with E-state index in [4.69, 9.17) is 5.11 Å². The molecule has 7 nitrogen and oxygen atoms in total. The van der Waals surface area contributed by atoms with Crippen LogP contribution in [0.25, 0.3) is 0 Å². The third-order valence-electron chi connectivity index (χ3n) is 4.08. The first kappa shape index (κ1) is 26.9. The molecule has 3 aromatic rings. The fourth-order valence-corrected chi connectivity index (χ4v) is 3.73. The second-order valence-corrected chi connectivity index (χ2v) is 9.90. The lowest BCUT2D eigenvalue weighted by atomic mass is 10.1. The van der Waals surface area contributed by atoms with Crippen molar-refractivity contribution in [2.45, 2.75) is 24.2 Å². The summed E-state index contributed by atoms with van der Waals surface area (Å²) in [6.07, 6.45) is 1.26. The van der Waals surface area contributed by atoms with E-state index < -0.39 is 38.7 Å². The lowest BCUT2D eigenvalue weighted by Crippen LogP contribution is -2.20. The number of rotatable bonds is 4. The quantitative estimate of drug-likeness (QED) is 0.410. The molecular formula is C22H21F3N3O4PS. The van der Waals surface area contributed by atoms with Crippen molar-refractivity contribution in [2.24, 2.45) is 7.05 Å². The number of sulfonamides is 1. The van der Waals surface area contributed by atoms with Gasteiger partial charge in [0.1, 0.15) is 10.6 Å². The van der Waals surface area contributed by atoms with E-state index in [-0.39, 0.29) is 16.2 Å². The minimum atomic E-state index is -4.19. The Labute approximate surface area is 197 Å². The highest BCUT2D eigenvalue weighted by molar-refractivity contribution is 7.92. The van der Waals surface area contributed by atoms with Crippen molar-refractivity contribution in [2.75, 3.05) is 4.72 Å². The molecule has 180 valence electrons. The molecule has 2 atom stereocenters. The fraction of sp³-hybridized carbons (Fsp3) is 0.182. The van der Waals surface area contributed by atoms with Gasteiger partial charge in [-0.1, -0.05) is 39.3 Å². The Morgan fingerprint density at radius 2 is 1.65 bits per heavy atom. The zero-order valence-corrected chi connectivity index (χ0v) is 20.3. The number of aliphatic carboxylic acids is 1. The average molecular weight is 511 g/mol. The van der Waals surface area contributed by atoms with Gasteiger partial charge in [0.05, 0.1) is 5.69 Å². The fourth-order valence-electron chi connectivity index (χ4n) is 2.44. The van der Waals surface area contributed by atoms with E-state index in [9.17, 15) is 26.4 Å². The molecule has 0 aliphatic rings. The van der Waals surface area contributed by atoms with Gasteiger partial charge in [-0.25, -0.2) is 26.4 Å². The predicted octanol–water partition coefficient (Wildman–Crippen LogP) is 3.84. The first-order chi connectivity index (χ1) is 15.7. The number of carboxylic acids is 1. The van der Waals surface area contributed by atoms with Gasteiger partial charge in [-0.15, -0.1) is 0 Å². The maximum atomic E-state index is 14.3. The summed E-state index contributed by atoms with van der Waals surface area (Å²) in [5.41, 5.74) is 0.240. The first-order valence-corrected chi connectivity index (χ1v) is 11.6. The molecule has 0 spiro atoms. The van der Waals surface area contributed by atoms with Crippen molar-refractivity contribution in [1.82, 2.24) is 9.78 Å². The summed E-state index contributed by atoms with van der Waals surface area (Å²) >= 11 is 0. The summed E-state index contributed by atoms with van der Waals surface area (Å²) in [4.78, 5) is 9.47. The first-order valence-electron chi connectivity index (χ1n) is 9.51. The molecule has 3 rings (SSSR count). The van der Waals surface area contributed by atoms with Gasteiger partial charge < -0.3 is 5.11 Å². The molecule has 0 saturated heterocycles. The summed E-state index contributed by atoms with van der Waals surface area (Å²) in [6.45, 7) is 2.45. The van der Waals surface area contributed by atoms with Crippen molar-refractivity contribution >= 4 is 30.9 Å². The maximum Gasteiger partial charge on any atom is 0.344 e. The zero-order chi connectivity index (χ0) is 25.7. The number of hydrogen-bond acceptors (Lipinski definition) is 4. The van der Waals surface area contributed by atoms with E-state index in [0.717, 1.165) is 19.1 Å². The summed E-state index contributed by atoms with van der Waals surface area (Å²) in [5.74, 6) is 1.87. The lowest BCUT2D eigenvalue weighted by Gasteiger charge is -2.09. The van der Waals surface area contributed by atoms with Crippen LogP contribution in [0.15, 0.2) is 53.6 Å². The summed E-state index contributed by atoms with van der Waals surface area (Å²) in [5, 5.41) is 9.61. The molecule has 12 heteroatoms. The van der Waals surface area contributed by atoms with Gasteiger partial charge in [-0.05, 0) is 38.1 Å². The van der Waals surface area contributed by atoms with Gasteiger partial charge in [0.2, 0.25) is 5.41 Å². The second kappa shape index (κ2) is 10.7. The van der Waals surface area contributed by atoms with Crippen LogP contribution in [0.5, 0.6) is 0 Å². The Morgan fingerprint density at radius 1 is 1.15 bits per heavy atom. The van der Waals surface area contributed by atoms with Crippen molar-refractivity contribution in [3.05, 3.63) is 77.1 Å². The molecule has 0 aliphatic carbocycles. The highest BCUT2D eigenvalue weighted by Crippen LogP contribution is 2.25. The normalized spacial score (nSPS) is 12.4. The molecule has 0 fully saturated rings. The number of alkyl halides is 1. The van der Waals surface area contributed by atoms with Gasteiger partial charge in [-0.3, -0.25) is 9.40 Å². The minimum absolute atomic E-state index is 0.0920. The molecule has 2 aromatic carbocycles. The number of nitrogens with one attached hydrogen (secondary N) is 1. The van der Waals surface area contributed by atoms with E-state index in [2.05, 4.69) is 16.9 Å². The monoisotopic (exact) mass is 511 g/mol. The SMILES string of the molecule is CC(F)(P)C(=O)O.Cc1nn(C)cc1S(=O)(=O)Nc1c(F)cc(C#Cc2ccccc2)cc1F. The number of halogens is 3. The maximum absolute atomic E-state index is 14.3. The molecule has 0 saturated carbocycles. The molecule has 0 radical (unpaired) electrons. The lowest BCUT2D eigenvalue weighted by molar-refractivity contribution is -0.144.